The molecule has 0 radical (unpaired) electrons. The number of esters is 1. The van der Waals surface area contributed by atoms with E-state index in [2.05, 4.69) is 50.3 Å². The van der Waals surface area contributed by atoms with Crippen LogP contribution in [0.25, 0.3) is 0 Å². The van der Waals surface area contributed by atoms with Crippen molar-refractivity contribution in [2.75, 3.05) is 19.8 Å². The number of carbonyl (C=O) groups is 1. The topological polar surface area (TPSA) is 55.8 Å². The summed E-state index contributed by atoms with van der Waals surface area (Å²) in [5, 5.41) is 9.61. The SMILES string of the molecule is CCCCC/C=C\C/C=C\C/C=C\CCCCCCCCCOCC(CO)OC(=O)CCCCCCCCCCCCCCCCCCCCC. The van der Waals surface area contributed by atoms with Gasteiger partial charge in [-0.3, -0.25) is 4.79 Å². The first kappa shape index (κ1) is 49.6. The smallest absolute Gasteiger partial charge is 0.306 e. The maximum atomic E-state index is 12.2. The summed E-state index contributed by atoms with van der Waals surface area (Å²) in [6.07, 6.45) is 56.4. The van der Waals surface area contributed by atoms with Gasteiger partial charge in [0.2, 0.25) is 0 Å². The summed E-state index contributed by atoms with van der Waals surface area (Å²) in [5.41, 5.74) is 0. The van der Waals surface area contributed by atoms with Crippen molar-refractivity contribution in [2.45, 2.75) is 238 Å². The standard InChI is InChI=1S/C47H88O4/c1-3-5-7-9-11-13-15-17-19-21-23-25-27-29-31-33-35-37-39-41-43-50-45-46(44-48)51-47(49)42-40-38-36-34-32-30-28-26-24-22-20-18-16-14-12-10-8-6-4-2/h11,13,17,19,23,25,46,48H,3-10,12,14-16,18,20-22,24,26-45H2,1-2H3/b13-11-,19-17-,25-23-. The van der Waals surface area contributed by atoms with Crippen molar-refractivity contribution >= 4 is 5.97 Å². The number of hydrogen-bond donors (Lipinski definition) is 1. The summed E-state index contributed by atoms with van der Waals surface area (Å²) in [7, 11) is 0. The molecular weight excluding hydrogens is 629 g/mol. The highest BCUT2D eigenvalue weighted by Crippen LogP contribution is 2.15. The zero-order chi connectivity index (χ0) is 37.0. The van der Waals surface area contributed by atoms with E-state index in [-0.39, 0.29) is 12.6 Å². The van der Waals surface area contributed by atoms with Crippen LogP contribution in [0.1, 0.15) is 232 Å². The molecule has 1 atom stereocenters. The van der Waals surface area contributed by atoms with E-state index in [9.17, 15) is 9.90 Å². The highest BCUT2D eigenvalue weighted by Gasteiger charge is 2.13. The van der Waals surface area contributed by atoms with Crippen LogP contribution >= 0.6 is 0 Å². The lowest BCUT2D eigenvalue weighted by Crippen LogP contribution is -2.27. The number of unbranched alkanes of at least 4 members (excludes halogenated alkanes) is 28. The Bertz CT molecular complexity index is 757. The lowest BCUT2D eigenvalue weighted by molar-refractivity contribution is -0.154. The number of carbonyl (C=O) groups excluding carboxylic acids is 1. The molecule has 0 aliphatic heterocycles. The highest BCUT2D eigenvalue weighted by atomic mass is 16.6. The predicted molar refractivity (Wildman–Crippen MR) is 224 cm³/mol. The van der Waals surface area contributed by atoms with Crippen molar-refractivity contribution in [3.63, 3.8) is 0 Å². The predicted octanol–water partition coefficient (Wildman–Crippen LogP) is 14.9. The molecule has 0 saturated heterocycles. The van der Waals surface area contributed by atoms with E-state index in [1.54, 1.807) is 0 Å². The number of aliphatic hydroxyl groups excluding tert-OH is 1. The lowest BCUT2D eigenvalue weighted by atomic mass is 10.0. The largest absolute Gasteiger partial charge is 0.457 e. The number of aliphatic hydroxyl groups is 1. The molecule has 0 bridgehead atoms. The van der Waals surface area contributed by atoms with Crippen LogP contribution in [0.2, 0.25) is 0 Å². The molecule has 0 saturated carbocycles. The van der Waals surface area contributed by atoms with E-state index < -0.39 is 6.10 Å². The molecule has 51 heavy (non-hydrogen) atoms. The van der Waals surface area contributed by atoms with Crippen LogP contribution < -0.4 is 0 Å². The molecule has 0 aromatic rings. The van der Waals surface area contributed by atoms with E-state index in [4.69, 9.17) is 9.47 Å². The van der Waals surface area contributed by atoms with Gasteiger partial charge in [0.05, 0.1) is 13.2 Å². The molecule has 0 amide bonds. The average molecular weight is 717 g/mol. The van der Waals surface area contributed by atoms with Crippen molar-refractivity contribution in [1.29, 1.82) is 0 Å². The summed E-state index contributed by atoms with van der Waals surface area (Å²) >= 11 is 0. The summed E-state index contributed by atoms with van der Waals surface area (Å²) < 4.78 is 11.2. The molecule has 0 fully saturated rings. The Labute approximate surface area is 319 Å². The molecule has 4 nitrogen and oxygen atoms in total. The third kappa shape index (κ3) is 42.9. The Hall–Kier alpha value is -1.39. The zero-order valence-electron chi connectivity index (χ0n) is 34.4. The summed E-state index contributed by atoms with van der Waals surface area (Å²) in [4.78, 5) is 12.2. The van der Waals surface area contributed by atoms with Gasteiger partial charge in [0.1, 0.15) is 6.10 Å². The Kier molecular flexibility index (Phi) is 43.5. The Morgan fingerprint density at radius 1 is 0.471 bits per heavy atom. The van der Waals surface area contributed by atoms with Crippen molar-refractivity contribution in [2.24, 2.45) is 0 Å². The van der Waals surface area contributed by atoms with E-state index in [0.29, 0.717) is 19.6 Å². The van der Waals surface area contributed by atoms with Gasteiger partial charge >= 0.3 is 5.97 Å². The van der Waals surface area contributed by atoms with Crippen molar-refractivity contribution in [1.82, 2.24) is 0 Å². The van der Waals surface area contributed by atoms with Gasteiger partial charge in [0.25, 0.3) is 0 Å². The van der Waals surface area contributed by atoms with Gasteiger partial charge in [0, 0.05) is 13.0 Å². The monoisotopic (exact) mass is 717 g/mol. The maximum Gasteiger partial charge on any atom is 0.306 e. The molecule has 300 valence electrons. The molecule has 0 aromatic heterocycles. The minimum atomic E-state index is -0.537. The van der Waals surface area contributed by atoms with Crippen molar-refractivity contribution in [3.8, 4) is 0 Å². The van der Waals surface area contributed by atoms with Crippen molar-refractivity contribution < 1.29 is 19.4 Å². The Morgan fingerprint density at radius 3 is 1.27 bits per heavy atom. The fraction of sp³-hybridized carbons (Fsp3) is 0.851. The van der Waals surface area contributed by atoms with Crippen LogP contribution in [0.5, 0.6) is 0 Å². The number of ether oxygens (including phenoxy) is 2. The van der Waals surface area contributed by atoms with Gasteiger partial charge in [-0.15, -0.1) is 0 Å². The van der Waals surface area contributed by atoms with Gasteiger partial charge in [0.15, 0.2) is 0 Å². The van der Waals surface area contributed by atoms with E-state index in [1.165, 1.54) is 180 Å². The number of rotatable bonds is 42. The normalized spacial score (nSPS) is 12.6. The second-order valence-electron chi connectivity index (χ2n) is 15.1. The van der Waals surface area contributed by atoms with Crippen LogP contribution in [-0.2, 0) is 14.3 Å². The first-order chi connectivity index (χ1) is 25.2. The molecule has 0 rings (SSSR count). The third-order valence-electron chi connectivity index (χ3n) is 9.97. The van der Waals surface area contributed by atoms with Gasteiger partial charge in [-0.1, -0.05) is 211 Å². The van der Waals surface area contributed by atoms with Gasteiger partial charge in [-0.05, 0) is 51.4 Å². The fourth-order valence-electron chi connectivity index (χ4n) is 6.57. The van der Waals surface area contributed by atoms with Crippen LogP contribution in [0.15, 0.2) is 36.5 Å². The van der Waals surface area contributed by atoms with E-state index >= 15 is 0 Å². The fourth-order valence-corrected chi connectivity index (χ4v) is 6.57. The molecule has 0 aliphatic rings. The average Bonchev–Trinajstić information content (AvgIpc) is 3.14. The van der Waals surface area contributed by atoms with E-state index in [1.807, 2.05) is 0 Å². The van der Waals surface area contributed by atoms with Gasteiger partial charge < -0.3 is 14.6 Å². The summed E-state index contributed by atoms with van der Waals surface area (Å²) in [6, 6.07) is 0. The first-order valence-electron chi connectivity index (χ1n) is 22.6. The number of allylic oxidation sites excluding steroid dienone is 6. The molecular formula is C47H88O4. The molecule has 0 aliphatic carbocycles. The molecule has 0 spiro atoms. The Morgan fingerprint density at radius 2 is 0.824 bits per heavy atom. The van der Waals surface area contributed by atoms with Crippen LogP contribution in [0.4, 0.5) is 0 Å². The lowest BCUT2D eigenvalue weighted by Gasteiger charge is -2.16. The quantitative estimate of drug-likeness (QED) is 0.0388. The van der Waals surface area contributed by atoms with Crippen molar-refractivity contribution in [3.05, 3.63) is 36.5 Å². The number of hydrogen-bond acceptors (Lipinski definition) is 4. The van der Waals surface area contributed by atoms with Gasteiger partial charge in [-0.2, -0.15) is 0 Å². The van der Waals surface area contributed by atoms with E-state index in [0.717, 1.165) is 32.1 Å². The minimum absolute atomic E-state index is 0.173. The highest BCUT2D eigenvalue weighted by molar-refractivity contribution is 5.69. The summed E-state index contributed by atoms with van der Waals surface area (Å²) in [5.74, 6) is -0.201. The van der Waals surface area contributed by atoms with Gasteiger partial charge in [-0.25, -0.2) is 0 Å². The third-order valence-corrected chi connectivity index (χ3v) is 9.97. The van der Waals surface area contributed by atoms with Crippen LogP contribution in [-0.4, -0.2) is 37.0 Å². The molecule has 1 unspecified atom stereocenters. The Balaban J connectivity index is 3.42. The molecule has 0 aromatic carbocycles. The van der Waals surface area contributed by atoms with Crippen LogP contribution in [0, 0.1) is 0 Å². The van der Waals surface area contributed by atoms with Crippen LogP contribution in [0.3, 0.4) is 0 Å². The first-order valence-corrected chi connectivity index (χ1v) is 22.6. The molecule has 4 heteroatoms. The zero-order valence-corrected chi connectivity index (χ0v) is 34.4. The second kappa shape index (κ2) is 44.8. The molecule has 1 N–H and O–H groups in total. The maximum absolute atomic E-state index is 12.2. The second-order valence-corrected chi connectivity index (χ2v) is 15.1. The minimum Gasteiger partial charge on any atom is -0.457 e. The summed E-state index contributed by atoms with van der Waals surface area (Å²) in [6.45, 7) is 5.33. The molecule has 0 heterocycles.